The minimum atomic E-state index is -0.699. The van der Waals surface area contributed by atoms with Gasteiger partial charge in [0, 0.05) is 12.6 Å². The Morgan fingerprint density at radius 2 is 1.89 bits per heavy atom. The van der Waals surface area contributed by atoms with Crippen LogP contribution < -0.4 is 11.1 Å². The summed E-state index contributed by atoms with van der Waals surface area (Å²) in [5.74, 6) is -0.553. The van der Waals surface area contributed by atoms with E-state index in [1.54, 1.807) is 0 Å². The smallest absolute Gasteiger partial charge is 0.151 e. The van der Waals surface area contributed by atoms with E-state index in [2.05, 4.69) is 5.32 Å². The molecule has 0 saturated heterocycles. The Kier molecular flexibility index (Phi) is 4.39. The first kappa shape index (κ1) is 13.1. The predicted molar refractivity (Wildman–Crippen MR) is 70.5 cm³/mol. The Morgan fingerprint density at radius 1 is 1.17 bits per heavy atom. The van der Waals surface area contributed by atoms with Gasteiger partial charge in [0.05, 0.1) is 11.4 Å². The second-order valence-corrected chi connectivity index (χ2v) is 5.07. The molecule has 2 nitrogen and oxygen atoms in total. The molecule has 0 spiro atoms. The number of nitrogen functional groups attached to an aromatic ring is 1. The highest BCUT2D eigenvalue weighted by Gasteiger charge is 2.13. The van der Waals surface area contributed by atoms with Gasteiger partial charge in [-0.2, -0.15) is 0 Å². The number of rotatable bonds is 4. The molecular formula is C14H20F2N2. The van der Waals surface area contributed by atoms with Gasteiger partial charge < -0.3 is 11.1 Å². The summed E-state index contributed by atoms with van der Waals surface area (Å²) in [7, 11) is 0. The van der Waals surface area contributed by atoms with Crippen LogP contribution in [0, 0.1) is 17.6 Å². The number of nitrogens with one attached hydrogen (secondary N) is 1. The van der Waals surface area contributed by atoms with Crippen LogP contribution in [0.2, 0.25) is 0 Å². The van der Waals surface area contributed by atoms with Crippen LogP contribution in [0.5, 0.6) is 0 Å². The van der Waals surface area contributed by atoms with E-state index in [0.29, 0.717) is 5.69 Å². The van der Waals surface area contributed by atoms with E-state index in [1.807, 2.05) is 0 Å². The molecule has 0 amide bonds. The monoisotopic (exact) mass is 254 g/mol. The predicted octanol–water partition coefficient (Wildman–Crippen LogP) is 3.93. The summed E-state index contributed by atoms with van der Waals surface area (Å²) < 4.78 is 26.3. The minimum absolute atomic E-state index is 0.0000409. The van der Waals surface area contributed by atoms with Gasteiger partial charge >= 0.3 is 0 Å². The van der Waals surface area contributed by atoms with E-state index in [-0.39, 0.29) is 5.69 Å². The van der Waals surface area contributed by atoms with Crippen LogP contribution in [0.25, 0.3) is 0 Å². The molecule has 1 aromatic rings. The topological polar surface area (TPSA) is 38.0 Å². The van der Waals surface area contributed by atoms with Crippen LogP contribution in [0.15, 0.2) is 12.1 Å². The van der Waals surface area contributed by atoms with Crippen molar-refractivity contribution in [1.29, 1.82) is 0 Å². The summed E-state index contributed by atoms with van der Waals surface area (Å²) in [6.45, 7) is 0.720. The first-order valence-electron chi connectivity index (χ1n) is 6.65. The van der Waals surface area contributed by atoms with Crippen molar-refractivity contribution in [2.45, 2.75) is 38.5 Å². The van der Waals surface area contributed by atoms with Gasteiger partial charge in [-0.05, 0) is 18.4 Å². The third-order valence-corrected chi connectivity index (χ3v) is 3.69. The number of hydrogen-bond donors (Lipinski definition) is 2. The van der Waals surface area contributed by atoms with Gasteiger partial charge in [0.1, 0.15) is 5.82 Å². The zero-order valence-corrected chi connectivity index (χ0v) is 10.5. The molecule has 4 heteroatoms. The van der Waals surface area contributed by atoms with Crippen LogP contribution >= 0.6 is 0 Å². The molecule has 1 aliphatic rings. The van der Waals surface area contributed by atoms with Crippen LogP contribution in [-0.2, 0) is 0 Å². The molecular weight excluding hydrogens is 234 g/mol. The molecule has 0 aliphatic heterocycles. The van der Waals surface area contributed by atoms with E-state index in [1.165, 1.54) is 38.2 Å². The quantitative estimate of drug-likeness (QED) is 0.799. The first-order valence-corrected chi connectivity index (χ1v) is 6.65. The number of hydrogen-bond acceptors (Lipinski definition) is 2. The summed E-state index contributed by atoms with van der Waals surface area (Å²) >= 11 is 0. The SMILES string of the molecule is Nc1c(F)cc(F)cc1NCCC1CCCCC1. The lowest BCUT2D eigenvalue weighted by molar-refractivity contribution is 0.345. The van der Waals surface area contributed by atoms with Crippen molar-refractivity contribution in [2.75, 3.05) is 17.6 Å². The van der Waals surface area contributed by atoms with E-state index in [4.69, 9.17) is 5.73 Å². The molecule has 1 aliphatic carbocycles. The lowest BCUT2D eigenvalue weighted by Gasteiger charge is -2.21. The highest BCUT2D eigenvalue weighted by molar-refractivity contribution is 5.66. The third-order valence-electron chi connectivity index (χ3n) is 3.69. The minimum Gasteiger partial charge on any atom is -0.395 e. The highest BCUT2D eigenvalue weighted by atomic mass is 19.1. The fourth-order valence-corrected chi connectivity index (χ4v) is 2.62. The van der Waals surface area contributed by atoms with Gasteiger partial charge in [0.25, 0.3) is 0 Å². The molecule has 1 saturated carbocycles. The fraction of sp³-hybridized carbons (Fsp3) is 0.571. The molecule has 0 heterocycles. The van der Waals surface area contributed by atoms with E-state index < -0.39 is 11.6 Å². The van der Waals surface area contributed by atoms with Crippen molar-refractivity contribution in [2.24, 2.45) is 5.92 Å². The zero-order valence-electron chi connectivity index (χ0n) is 10.5. The second kappa shape index (κ2) is 6.03. The molecule has 2 rings (SSSR count). The van der Waals surface area contributed by atoms with Crippen LogP contribution in [0.3, 0.4) is 0 Å². The average molecular weight is 254 g/mol. The Labute approximate surface area is 107 Å². The normalized spacial score (nSPS) is 16.8. The molecule has 0 radical (unpaired) electrons. The molecule has 0 atom stereocenters. The number of nitrogens with two attached hydrogens (primary N) is 1. The number of benzene rings is 1. The van der Waals surface area contributed by atoms with Crippen molar-refractivity contribution in [1.82, 2.24) is 0 Å². The summed E-state index contributed by atoms with van der Waals surface area (Å²) in [5, 5.41) is 3.04. The summed E-state index contributed by atoms with van der Waals surface area (Å²) in [6.07, 6.45) is 7.54. The van der Waals surface area contributed by atoms with Gasteiger partial charge in [-0.1, -0.05) is 32.1 Å². The van der Waals surface area contributed by atoms with Crippen molar-refractivity contribution in [3.63, 3.8) is 0 Å². The Hall–Kier alpha value is -1.32. The molecule has 1 fully saturated rings. The first-order chi connectivity index (χ1) is 8.66. The largest absolute Gasteiger partial charge is 0.395 e. The van der Waals surface area contributed by atoms with Crippen molar-refractivity contribution >= 4 is 11.4 Å². The fourth-order valence-electron chi connectivity index (χ4n) is 2.62. The molecule has 100 valence electrons. The lowest BCUT2D eigenvalue weighted by atomic mass is 9.87. The van der Waals surface area contributed by atoms with Crippen molar-refractivity contribution in [3.8, 4) is 0 Å². The Bertz CT molecular complexity index is 401. The van der Waals surface area contributed by atoms with E-state index >= 15 is 0 Å². The molecule has 0 unspecified atom stereocenters. The molecule has 0 aromatic heterocycles. The third kappa shape index (κ3) is 3.34. The Morgan fingerprint density at radius 3 is 2.61 bits per heavy atom. The number of halogens is 2. The zero-order chi connectivity index (χ0) is 13.0. The van der Waals surface area contributed by atoms with Crippen LogP contribution in [0.4, 0.5) is 20.2 Å². The lowest BCUT2D eigenvalue weighted by Crippen LogP contribution is -2.13. The Balaban J connectivity index is 1.86. The standard InChI is InChI=1S/C14H20F2N2/c15-11-8-12(16)14(17)13(9-11)18-7-6-10-4-2-1-3-5-10/h8-10,18H,1-7,17H2. The second-order valence-electron chi connectivity index (χ2n) is 5.07. The molecule has 0 bridgehead atoms. The van der Waals surface area contributed by atoms with E-state index in [9.17, 15) is 8.78 Å². The van der Waals surface area contributed by atoms with Gasteiger partial charge in [-0.15, -0.1) is 0 Å². The summed E-state index contributed by atoms with van der Waals surface area (Å²) in [5.41, 5.74) is 5.93. The maximum Gasteiger partial charge on any atom is 0.151 e. The van der Waals surface area contributed by atoms with Crippen LogP contribution in [0.1, 0.15) is 38.5 Å². The van der Waals surface area contributed by atoms with Gasteiger partial charge in [-0.25, -0.2) is 8.78 Å². The van der Waals surface area contributed by atoms with Gasteiger partial charge in [0.15, 0.2) is 5.82 Å². The van der Waals surface area contributed by atoms with Crippen LogP contribution in [-0.4, -0.2) is 6.54 Å². The highest BCUT2D eigenvalue weighted by Crippen LogP contribution is 2.27. The number of anilines is 2. The average Bonchev–Trinajstić information content (AvgIpc) is 2.36. The van der Waals surface area contributed by atoms with E-state index in [0.717, 1.165) is 24.9 Å². The molecule has 1 aromatic carbocycles. The van der Waals surface area contributed by atoms with Crippen molar-refractivity contribution < 1.29 is 8.78 Å². The van der Waals surface area contributed by atoms with Gasteiger partial charge in [0.2, 0.25) is 0 Å². The maximum atomic E-state index is 13.2. The maximum absolute atomic E-state index is 13.2. The summed E-state index contributed by atoms with van der Waals surface area (Å²) in [6, 6.07) is 2.06. The van der Waals surface area contributed by atoms with Crippen molar-refractivity contribution in [3.05, 3.63) is 23.8 Å². The molecule has 3 N–H and O–H groups in total. The summed E-state index contributed by atoms with van der Waals surface area (Å²) in [4.78, 5) is 0. The van der Waals surface area contributed by atoms with Gasteiger partial charge in [-0.3, -0.25) is 0 Å². The molecule has 18 heavy (non-hydrogen) atoms.